The fourth-order valence-corrected chi connectivity index (χ4v) is 0. The van der Waals surface area contributed by atoms with E-state index in [4.69, 9.17) is 29.7 Å². The van der Waals surface area contributed by atoms with E-state index in [1.807, 2.05) is 0 Å². The Morgan fingerprint density at radius 2 is 0.714 bits per heavy atom. The summed E-state index contributed by atoms with van der Waals surface area (Å²) in [7, 11) is 0. The summed E-state index contributed by atoms with van der Waals surface area (Å²) in [6, 6.07) is 0. The second kappa shape index (κ2) is 22.9. The predicted molar refractivity (Wildman–Crippen MR) is 35.7 cm³/mol. The van der Waals surface area contributed by atoms with Crippen LogP contribution in [0.3, 0.4) is 0 Å². The minimum Gasteiger partial charge on any atom is -0.550 e. The van der Waals surface area contributed by atoms with Gasteiger partial charge in [0, 0.05) is 17.9 Å². The number of hydrogen-bond donors (Lipinski definition) is 0. The van der Waals surface area contributed by atoms with E-state index >= 15 is 0 Å². The quantitative estimate of drug-likeness (QED) is 0.425. The van der Waals surface area contributed by atoms with Crippen molar-refractivity contribution in [3.8, 4) is 0 Å². The van der Waals surface area contributed by atoms with Gasteiger partial charge in [0.1, 0.15) is 0 Å². The molecule has 0 bridgehead atoms. The molecule has 0 saturated heterocycles. The number of rotatable bonds is 0. The molecule has 0 aliphatic rings. The smallest absolute Gasteiger partial charge is 0.550 e. The second-order valence-electron chi connectivity index (χ2n) is 1.47. The fraction of sp³-hybridized carbons (Fsp3) is 0.500. The molecule has 0 saturated carbocycles. The number of carbonyl (C=O) groups is 3. The molecule has 0 aromatic rings. The van der Waals surface area contributed by atoms with Gasteiger partial charge < -0.3 is 35.2 Å². The van der Waals surface area contributed by atoms with Crippen LogP contribution in [-0.4, -0.2) is 23.4 Å². The number of carboxylic acids is 3. The minimum absolute atomic E-state index is 0. The maximum atomic E-state index is 8.89. The number of carbonyl (C=O) groups excluding carboxylic acids is 3. The van der Waals surface area contributed by atoms with E-state index in [1.54, 1.807) is 0 Å². The average molecular weight is 358 g/mol. The molecule has 0 aromatic carbocycles. The third kappa shape index (κ3) is 10300. The summed E-state index contributed by atoms with van der Waals surface area (Å²) in [6.45, 7) is 2.92. The molecule has 7 nitrogen and oxygen atoms in total. The summed E-state index contributed by atoms with van der Waals surface area (Å²) in [4.78, 5) is 26.7. The third-order valence-corrected chi connectivity index (χ3v) is 0. The zero-order valence-corrected chi connectivity index (χ0v) is 9.79. The Morgan fingerprint density at radius 3 is 0.714 bits per heavy atom. The van der Waals surface area contributed by atoms with E-state index in [0.717, 1.165) is 20.8 Å². The molecule has 87 valence electrons. The van der Waals surface area contributed by atoms with Crippen LogP contribution >= 0.6 is 0 Å². The van der Waals surface area contributed by atoms with Gasteiger partial charge in [0.05, 0.1) is 0 Å². The Morgan fingerprint density at radius 1 is 0.714 bits per heavy atom. The maximum absolute atomic E-state index is 8.89. The molecule has 0 aliphatic heterocycles. The van der Waals surface area contributed by atoms with E-state index in [2.05, 4.69) is 0 Å². The summed E-state index contributed by atoms with van der Waals surface area (Å²) >= 11 is 0. The van der Waals surface area contributed by atoms with Gasteiger partial charge in [-0.05, 0) is 20.8 Å². The average Bonchev–Trinajstić information content (AvgIpc) is 1.54. The van der Waals surface area contributed by atoms with E-state index in [9.17, 15) is 0 Å². The number of hydrogen-bond acceptors (Lipinski definition) is 6. The number of carboxylic acid groups (broad SMARTS) is 3. The first-order valence-electron chi connectivity index (χ1n) is 2.72. The molecule has 0 aromatic heterocycles. The van der Waals surface area contributed by atoms with Crippen LogP contribution in [0.15, 0.2) is 0 Å². The van der Waals surface area contributed by atoms with Gasteiger partial charge in [0.25, 0.3) is 0 Å². The Labute approximate surface area is 111 Å². The van der Waals surface area contributed by atoms with Crippen LogP contribution in [0.2, 0.25) is 0 Å². The minimum atomic E-state index is -1.08. The van der Waals surface area contributed by atoms with Crippen LogP contribution in [-0.2, 0) is 14.4 Å². The van der Waals surface area contributed by atoms with Gasteiger partial charge in [-0.3, -0.25) is 0 Å². The van der Waals surface area contributed by atoms with Crippen molar-refractivity contribution < 1.29 is 73.4 Å². The van der Waals surface area contributed by atoms with Crippen molar-refractivity contribution in [2.24, 2.45) is 0 Å². The molecule has 0 atom stereocenters. The molecule has 1 radical (unpaired) electrons. The van der Waals surface area contributed by atoms with Gasteiger partial charge in [0.15, 0.2) is 0 Å². The summed E-state index contributed by atoms with van der Waals surface area (Å²) < 4.78 is 0. The van der Waals surface area contributed by atoms with Crippen molar-refractivity contribution in [1.29, 1.82) is 0 Å². The van der Waals surface area contributed by atoms with E-state index in [0.29, 0.717) is 0 Å². The fourth-order valence-electron chi connectivity index (χ4n) is 0. The maximum Gasteiger partial charge on any atom is 3.00 e. The zero-order chi connectivity index (χ0) is 10.7. The summed E-state index contributed by atoms with van der Waals surface area (Å²) in [5.41, 5.74) is 0. The van der Waals surface area contributed by atoms with Gasteiger partial charge in [-0.25, -0.2) is 0 Å². The van der Waals surface area contributed by atoms with Crippen LogP contribution in [0.4, 0.5) is 0 Å². The summed E-state index contributed by atoms with van der Waals surface area (Å²) in [6.07, 6.45) is 0. The Kier molecular flexibility index (Phi) is 47.8. The van der Waals surface area contributed by atoms with Gasteiger partial charge >= 0.3 is 38.2 Å². The van der Waals surface area contributed by atoms with Crippen molar-refractivity contribution in [2.75, 3.05) is 0 Å². The first kappa shape index (κ1) is 29.2. The van der Waals surface area contributed by atoms with Gasteiger partial charge in [-0.2, -0.15) is 0 Å². The molecule has 0 unspecified atom stereocenters. The zero-order valence-electron chi connectivity index (χ0n) is 7.77. The van der Waals surface area contributed by atoms with Crippen molar-refractivity contribution in [3.63, 3.8) is 0 Å². The summed E-state index contributed by atoms with van der Waals surface area (Å²) in [5.74, 6) is -3.25. The van der Waals surface area contributed by atoms with Crippen molar-refractivity contribution in [3.05, 3.63) is 0 Å². The van der Waals surface area contributed by atoms with E-state index in [1.165, 1.54) is 0 Å². The van der Waals surface area contributed by atoms with Crippen LogP contribution in [0, 0.1) is 38.2 Å². The molecule has 0 aliphatic carbocycles. The van der Waals surface area contributed by atoms with Crippen molar-refractivity contribution in [1.82, 2.24) is 0 Å². The number of aliphatic carboxylic acids is 3. The topological polar surface area (TPSA) is 152 Å². The van der Waals surface area contributed by atoms with Gasteiger partial charge in [0.2, 0.25) is 0 Å². The molecular weight excluding hydrogens is 347 g/mol. The van der Waals surface area contributed by atoms with Crippen LogP contribution in [0.5, 0.6) is 0 Å². The molecule has 8 heteroatoms. The standard InChI is InChI=1S/3C2H4O2.Dy.H2O/c3*1-2(3)4;;/h3*1H3,(H,3,4);;1H2/q;;;+3;/p-3. The molecule has 14 heavy (non-hydrogen) atoms. The molecular formula is C6H11DyO7. The normalized spacial score (nSPS) is 5.36. The van der Waals surface area contributed by atoms with Gasteiger partial charge in [-0.1, -0.05) is 0 Å². The summed E-state index contributed by atoms with van der Waals surface area (Å²) in [5, 5.41) is 26.7. The largest absolute Gasteiger partial charge is 3.00 e. The SMILES string of the molecule is CC(=O)[O-].CC(=O)[O-].CC(=O)[O-].O.[Dy+3]. The van der Waals surface area contributed by atoms with Crippen molar-refractivity contribution in [2.45, 2.75) is 20.8 Å². The molecule has 0 amide bonds. The third-order valence-electron chi connectivity index (χ3n) is 0. The molecule has 0 heterocycles. The Hall–Kier alpha value is -0.357. The first-order chi connectivity index (χ1) is 5.20. The van der Waals surface area contributed by atoms with Crippen LogP contribution < -0.4 is 15.3 Å². The Bertz CT molecular complexity index is 116. The van der Waals surface area contributed by atoms with Crippen LogP contribution in [0.1, 0.15) is 20.8 Å². The van der Waals surface area contributed by atoms with Crippen LogP contribution in [0.25, 0.3) is 0 Å². The molecule has 0 spiro atoms. The molecule has 0 rings (SSSR count). The molecule has 2 N–H and O–H groups in total. The van der Waals surface area contributed by atoms with E-state index < -0.39 is 17.9 Å². The monoisotopic (exact) mass is 359 g/mol. The molecule has 0 fully saturated rings. The van der Waals surface area contributed by atoms with Gasteiger partial charge in [-0.15, -0.1) is 0 Å². The Balaban J connectivity index is -0.0000000270. The van der Waals surface area contributed by atoms with Crippen molar-refractivity contribution >= 4 is 17.9 Å². The van der Waals surface area contributed by atoms with E-state index in [-0.39, 0.29) is 43.6 Å². The second-order valence-corrected chi connectivity index (χ2v) is 1.47. The predicted octanol–water partition coefficient (Wildman–Crippen LogP) is -4.56. The first-order valence-corrected chi connectivity index (χ1v) is 2.72.